The van der Waals surface area contributed by atoms with Crippen LogP contribution in [0.1, 0.15) is 35.7 Å². The summed E-state index contributed by atoms with van der Waals surface area (Å²) < 4.78 is 0. The molecular formula is C13H18N2OS. The zero-order valence-corrected chi connectivity index (χ0v) is 10.7. The Morgan fingerprint density at radius 3 is 3.18 bits per heavy atom. The number of thiophene rings is 1. The van der Waals surface area contributed by atoms with Crippen molar-refractivity contribution in [2.45, 2.75) is 31.7 Å². The Hall–Kier alpha value is -0.870. The van der Waals surface area contributed by atoms with Gasteiger partial charge in [0.05, 0.1) is 6.04 Å². The van der Waals surface area contributed by atoms with E-state index in [4.69, 9.17) is 5.73 Å². The number of hydrogen-bond acceptors (Lipinski definition) is 3. The van der Waals surface area contributed by atoms with Crippen LogP contribution in [0, 0.1) is 5.92 Å². The van der Waals surface area contributed by atoms with E-state index in [0.717, 1.165) is 13.0 Å². The van der Waals surface area contributed by atoms with Crippen molar-refractivity contribution in [3.8, 4) is 0 Å². The molecule has 0 radical (unpaired) electrons. The Bertz CT molecular complexity index is 429. The van der Waals surface area contributed by atoms with Crippen molar-refractivity contribution >= 4 is 17.2 Å². The van der Waals surface area contributed by atoms with Gasteiger partial charge >= 0.3 is 0 Å². The Balaban J connectivity index is 1.85. The van der Waals surface area contributed by atoms with E-state index in [1.807, 2.05) is 11.3 Å². The molecule has 0 spiro atoms. The Kier molecular flexibility index (Phi) is 2.92. The minimum absolute atomic E-state index is 0.296. The lowest BCUT2D eigenvalue weighted by Gasteiger charge is -2.31. The first-order valence-electron chi connectivity index (χ1n) is 6.35. The van der Waals surface area contributed by atoms with Gasteiger partial charge in [0, 0.05) is 17.8 Å². The van der Waals surface area contributed by atoms with Gasteiger partial charge in [0.1, 0.15) is 0 Å². The third-order valence-corrected chi connectivity index (χ3v) is 4.96. The van der Waals surface area contributed by atoms with Gasteiger partial charge < -0.3 is 10.6 Å². The van der Waals surface area contributed by atoms with Gasteiger partial charge in [-0.25, -0.2) is 0 Å². The highest BCUT2D eigenvalue weighted by molar-refractivity contribution is 7.10. The molecule has 1 fully saturated rings. The Morgan fingerprint density at radius 1 is 1.53 bits per heavy atom. The molecule has 1 aliphatic heterocycles. The molecule has 1 aliphatic carbocycles. The number of likely N-dealkylation sites (tertiary alicyclic amines) is 1. The molecule has 2 unspecified atom stereocenters. The number of carbonyl (C=O) groups is 1. The van der Waals surface area contributed by atoms with E-state index in [9.17, 15) is 4.79 Å². The zero-order valence-electron chi connectivity index (χ0n) is 9.89. The summed E-state index contributed by atoms with van der Waals surface area (Å²) in [4.78, 5) is 15.6. The van der Waals surface area contributed by atoms with E-state index in [1.165, 1.54) is 23.3 Å². The standard InChI is InChI=1S/C13H18N2OS/c14-7-9-6-13(16)15(8-9)11-2-1-3-12-10(11)4-5-17-12/h4-5,9,11H,1-3,6-8,14H2. The van der Waals surface area contributed by atoms with Crippen molar-refractivity contribution < 1.29 is 4.79 Å². The van der Waals surface area contributed by atoms with Crippen molar-refractivity contribution in [2.75, 3.05) is 13.1 Å². The first-order valence-corrected chi connectivity index (χ1v) is 7.23. The van der Waals surface area contributed by atoms with E-state index >= 15 is 0 Å². The minimum atomic E-state index is 0.296. The van der Waals surface area contributed by atoms with Gasteiger partial charge in [0.25, 0.3) is 0 Å². The fourth-order valence-corrected chi connectivity index (χ4v) is 4.03. The number of fused-ring (bicyclic) bond motifs is 1. The smallest absolute Gasteiger partial charge is 0.223 e. The summed E-state index contributed by atoms with van der Waals surface area (Å²) in [5.41, 5.74) is 7.08. The molecule has 1 aromatic heterocycles. The second kappa shape index (κ2) is 4.42. The predicted molar refractivity (Wildman–Crippen MR) is 68.9 cm³/mol. The average molecular weight is 250 g/mol. The maximum absolute atomic E-state index is 12.0. The summed E-state index contributed by atoms with van der Waals surface area (Å²) in [6, 6.07) is 2.53. The molecule has 4 heteroatoms. The third-order valence-electron chi connectivity index (χ3n) is 3.97. The maximum atomic E-state index is 12.0. The fraction of sp³-hybridized carbons (Fsp3) is 0.615. The zero-order chi connectivity index (χ0) is 11.8. The fourth-order valence-electron chi connectivity index (χ4n) is 3.05. The van der Waals surface area contributed by atoms with Crippen LogP contribution in [0.15, 0.2) is 11.4 Å². The topological polar surface area (TPSA) is 46.3 Å². The van der Waals surface area contributed by atoms with Crippen LogP contribution in [0.4, 0.5) is 0 Å². The van der Waals surface area contributed by atoms with Gasteiger partial charge in [-0.3, -0.25) is 4.79 Å². The molecule has 0 saturated carbocycles. The van der Waals surface area contributed by atoms with E-state index in [2.05, 4.69) is 16.3 Å². The number of rotatable bonds is 2. The van der Waals surface area contributed by atoms with Crippen LogP contribution < -0.4 is 5.73 Å². The number of nitrogens with zero attached hydrogens (tertiary/aromatic N) is 1. The van der Waals surface area contributed by atoms with E-state index in [0.29, 0.717) is 30.8 Å². The van der Waals surface area contributed by atoms with Gasteiger partial charge in [-0.1, -0.05) is 0 Å². The first kappa shape index (κ1) is 11.2. The van der Waals surface area contributed by atoms with Crippen LogP contribution in [0.25, 0.3) is 0 Å². The molecule has 1 aromatic rings. The lowest BCUT2D eigenvalue weighted by atomic mass is 9.93. The molecule has 0 bridgehead atoms. The highest BCUT2D eigenvalue weighted by atomic mass is 32.1. The van der Waals surface area contributed by atoms with Crippen LogP contribution in [-0.2, 0) is 11.2 Å². The maximum Gasteiger partial charge on any atom is 0.223 e. The number of aryl methyl sites for hydroxylation is 1. The van der Waals surface area contributed by atoms with Crippen LogP contribution in [0.2, 0.25) is 0 Å². The molecule has 1 amide bonds. The van der Waals surface area contributed by atoms with Crippen LogP contribution in [0.5, 0.6) is 0 Å². The first-order chi connectivity index (χ1) is 8.29. The SMILES string of the molecule is NCC1CC(=O)N(C2CCCc3sccc32)C1. The lowest BCUT2D eigenvalue weighted by molar-refractivity contribution is -0.130. The van der Waals surface area contributed by atoms with E-state index < -0.39 is 0 Å². The highest BCUT2D eigenvalue weighted by Gasteiger charge is 2.36. The Morgan fingerprint density at radius 2 is 2.41 bits per heavy atom. The molecule has 3 nitrogen and oxygen atoms in total. The number of carbonyl (C=O) groups excluding carboxylic acids is 1. The molecule has 1 saturated heterocycles. The van der Waals surface area contributed by atoms with E-state index in [-0.39, 0.29) is 0 Å². The van der Waals surface area contributed by atoms with Crippen molar-refractivity contribution in [2.24, 2.45) is 11.7 Å². The lowest BCUT2D eigenvalue weighted by Crippen LogP contribution is -2.32. The normalized spacial score (nSPS) is 28.5. The van der Waals surface area contributed by atoms with Gasteiger partial charge in [0.15, 0.2) is 0 Å². The molecule has 92 valence electrons. The summed E-state index contributed by atoms with van der Waals surface area (Å²) >= 11 is 1.83. The van der Waals surface area contributed by atoms with Crippen LogP contribution in [-0.4, -0.2) is 23.9 Å². The van der Waals surface area contributed by atoms with Crippen molar-refractivity contribution in [3.63, 3.8) is 0 Å². The highest BCUT2D eigenvalue weighted by Crippen LogP contribution is 2.39. The largest absolute Gasteiger partial charge is 0.335 e. The summed E-state index contributed by atoms with van der Waals surface area (Å²) in [6.45, 7) is 1.49. The van der Waals surface area contributed by atoms with Crippen LogP contribution in [0.3, 0.4) is 0 Å². The average Bonchev–Trinajstić information content (AvgIpc) is 2.94. The number of hydrogen-bond donors (Lipinski definition) is 1. The monoisotopic (exact) mass is 250 g/mol. The summed E-state index contributed by atoms with van der Waals surface area (Å²) in [5, 5.41) is 2.16. The Labute approximate surface area is 106 Å². The van der Waals surface area contributed by atoms with E-state index in [1.54, 1.807) is 0 Å². The van der Waals surface area contributed by atoms with Gasteiger partial charge in [0.2, 0.25) is 5.91 Å². The predicted octanol–water partition coefficient (Wildman–Crippen LogP) is 1.93. The molecule has 17 heavy (non-hydrogen) atoms. The summed E-state index contributed by atoms with van der Waals surface area (Å²) in [7, 11) is 0. The number of amides is 1. The minimum Gasteiger partial charge on any atom is -0.335 e. The molecule has 2 aliphatic rings. The van der Waals surface area contributed by atoms with Gasteiger partial charge in [-0.15, -0.1) is 11.3 Å². The molecule has 2 N–H and O–H groups in total. The van der Waals surface area contributed by atoms with Crippen molar-refractivity contribution in [1.29, 1.82) is 0 Å². The van der Waals surface area contributed by atoms with Crippen molar-refractivity contribution in [1.82, 2.24) is 4.90 Å². The number of nitrogens with two attached hydrogens (primary N) is 1. The summed E-state index contributed by atoms with van der Waals surface area (Å²) in [5.74, 6) is 0.663. The third kappa shape index (κ3) is 1.89. The summed E-state index contributed by atoms with van der Waals surface area (Å²) in [6.07, 6.45) is 4.15. The molecule has 2 heterocycles. The molecule has 2 atom stereocenters. The molecular weight excluding hydrogens is 232 g/mol. The molecule has 0 aromatic carbocycles. The van der Waals surface area contributed by atoms with Crippen LogP contribution >= 0.6 is 11.3 Å². The quantitative estimate of drug-likeness (QED) is 0.872. The second-order valence-electron chi connectivity index (χ2n) is 5.06. The van der Waals surface area contributed by atoms with Gasteiger partial charge in [-0.2, -0.15) is 0 Å². The molecule has 3 rings (SSSR count). The second-order valence-corrected chi connectivity index (χ2v) is 6.06. The van der Waals surface area contributed by atoms with Crippen molar-refractivity contribution in [3.05, 3.63) is 21.9 Å². The van der Waals surface area contributed by atoms with Gasteiger partial charge in [-0.05, 0) is 48.7 Å².